The Labute approximate surface area is 222 Å². The molecule has 3 aromatic rings. The van der Waals surface area contributed by atoms with Gasteiger partial charge in [-0.05, 0) is 60.0 Å². The molecule has 1 amide bonds. The summed E-state index contributed by atoms with van der Waals surface area (Å²) in [5, 5.41) is 0. The molecule has 200 valence electrons. The Kier molecular flexibility index (Phi) is 9.10. The average molecular weight is 521 g/mol. The molecule has 1 saturated heterocycles. The fraction of sp³-hybridized carbons (Fsp3) is 0.333. The minimum absolute atomic E-state index is 0.141. The number of benzene rings is 3. The van der Waals surface area contributed by atoms with Crippen LogP contribution in [0.1, 0.15) is 43.5 Å². The van der Waals surface area contributed by atoms with Gasteiger partial charge in [-0.3, -0.25) is 9.69 Å². The first-order valence-corrected chi connectivity index (χ1v) is 12.6. The first-order valence-electron chi connectivity index (χ1n) is 12.6. The van der Waals surface area contributed by atoms with Gasteiger partial charge in [0, 0.05) is 38.3 Å². The first-order chi connectivity index (χ1) is 18.4. The molecule has 0 spiro atoms. The largest absolute Gasteiger partial charge is 0.497 e. The maximum atomic E-state index is 13.7. The smallest absolute Gasteiger partial charge is 0.337 e. The van der Waals surface area contributed by atoms with E-state index < -0.39 is 5.82 Å². The molecule has 0 saturated carbocycles. The van der Waals surface area contributed by atoms with Crippen molar-refractivity contribution < 1.29 is 28.2 Å². The van der Waals surface area contributed by atoms with Crippen LogP contribution in [-0.4, -0.2) is 68.6 Å². The van der Waals surface area contributed by atoms with Crippen LogP contribution in [0, 0.1) is 12.7 Å². The standard InChI is InChI=1S/C30H33FN2O5/c1-21-7-12-25(31)18-27(21)29(34)33-15-13-32(14-16-33)19-28(24-5-4-6-26(17-24)36-2)38-20-22-8-10-23(11-9-22)30(35)37-3/h4-12,17-18,28H,13-16,19-20H2,1-3H3/t28-/m0/s1. The lowest BCUT2D eigenvalue weighted by Gasteiger charge is -2.36. The minimum atomic E-state index is -0.407. The number of halogens is 1. The second kappa shape index (κ2) is 12.7. The molecule has 0 radical (unpaired) electrons. The molecule has 1 aliphatic rings. The highest BCUT2D eigenvalue weighted by Crippen LogP contribution is 2.25. The molecule has 0 aliphatic carbocycles. The zero-order chi connectivity index (χ0) is 27.1. The van der Waals surface area contributed by atoms with Gasteiger partial charge in [-0.2, -0.15) is 0 Å². The lowest BCUT2D eigenvalue weighted by molar-refractivity contribution is 0.00330. The second-order valence-corrected chi connectivity index (χ2v) is 9.32. The number of piperazine rings is 1. The van der Waals surface area contributed by atoms with Gasteiger partial charge in [0.1, 0.15) is 11.6 Å². The van der Waals surface area contributed by atoms with Crippen molar-refractivity contribution in [2.45, 2.75) is 19.6 Å². The van der Waals surface area contributed by atoms with E-state index in [4.69, 9.17) is 14.2 Å². The van der Waals surface area contributed by atoms with Crippen molar-refractivity contribution in [3.05, 3.63) is 100 Å². The van der Waals surface area contributed by atoms with E-state index in [0.29, 0.717) is 50.5 Å². The van der Waals surface area contributed by atoms with E-state index in [2.05, 4.69) is 4.90 Å². The fourth-order valence-corrected chi connectivity index (χ4v) is 4.51. The molecule has 38 heavy (non-hydrogen) atoms. The maximum absolute atomic E-state index is 13.7. The third-order valence-corrected chi connectivity index (χ3v) is 6.81. The van der Waals surface area contributed by atoms with Crippen molar-refractivity contribution >= 4 is 11.9 Å². The van der Waals surface area contributed by atoms with Gasteiger partial charge < -0.3 is 19.1 Å². The predicted molar refractivity (Wildman–Crippen MR) is 142 cm³/mol. The first kappa shape index (κ1) is 27.3. The van der Waals surface area contributed by atoms with Crippen molar-refractivity contribution in [2.24, 2.45) is 0 Å². The minimum Gasteiger partial charge on any atom is -0.497 e. The third-order valence-electron chi connectivity index (χ3n) is 6.81. The number of nitrogens with zero attached hydrogens (tertiary/aromatic N) is 2. The van der Waals surface area contributed by atoms with Gasteiger partial charge in [-0.1, -0.05) is 30.3 Å². The number of aryl methyl sites for hydroxylation is 1. The van der Waals surface area contributed by atoms with Gasteiger partial charge in [0.2, 0.25) is 0 Å². The Morgan fingerprint density at radius 1 is 0.947 bits per heavy atom. The fourth-order valence-electron chi connectivity index (χ4n) is 4.51. The van der Waals surface area contributed by atoms with Crippen LogP contribution in [-0.2, 0) is 16.1 Å². The van der Waals surface area contributed by atoms with Crippen molar-refractivity contribution in [2.75, 3.05) is 46.9 Å². The number of hydrogen-bond donors (Lipinski definition) is 0. The zero-order valence-electron chi connectivity index (χ0n) is 22.0. The second-order valence-electron chi connectivity index (χ2n) is 9.32. The molecule has 8 heteroatoms. The normalized spacial score (nSPS) is 14.7. The van der Waals surface area contributed by atoms with Gasteiger partial charge in [0.25, 0.3) is 5.91 Å². The van der Waals surface area contributed by atoms with Crippen LogP contribution in [0.5, 0.6) is 5.75 Å². The van der Waals surface area contributed by atoms with E-state index in [1.807, 2.05) is 43.3 Å². The summed E-state index contributed by atoms with van der Waals surface area (Å²) in [5.74, 6) is -0.176. The summed E-state index contributed by atoms with van der Waals surface area (Å²) in [6.07, 6.45) is -0.238. The number of carbonyl (C=O) groups is 2. The number of ether oxygens (including phenoxy) is 3. The highest BCUT2D eigenvalue weighted by atomic mass is 19.1. The molecule has 3 aromatic carbocycles. The number of rotatable bonds is 9. The van der Waals surface area contributed by atoms with Crippen LogP contribution in [0.4, 0.5) is 4.39 Å². The molecule has 1 fully saturated rings. The van der Waals surface area contributed by atoms with Gasteiger partial charge in [0.15, 0.2) is 0 Å². The Morgan fingerprint density at radius 3 is 2.37 bits per heavy atom. The van der Waals surface area contributed by atoms with Crippen molar-refractivity contribution in [3.8, 4) is 5.75 Å². The van der Waals surface area contributed by atoms with Crippen LogP contribution in [0.15, 0.2) is 66.7 Å². The highest BCUT2D eigenvalue weighted by molar-refractivity contribution is 5.95. The van der Waals surface area contributed by atoms with Gasteiger partial charge in [-0.15, -0.1) is 0 Å². The lowest BCUT2D eigenvalue weighted by Crippen LogP contribution is -2.49. The Balaban J connectivity index is 1.41. The number of esters is 1. The average Bonchev–Trinajstić information content (AvgIpc) is 2.96. The van der Waals surface area contributed by atoms with Crippen molar-refractivity contribution in [3.63, 3.8) is 0 Å². The van der Waals surface area contributed by atoms with Crippen LogP contribution in [0.3, 0.4) is 0 Å². The van der Waals surface area contributed by atoms with E-state index in [1.54, 1.807) is 30.2 Å². The molecule has 0 aromatic heterocycles. The zero-order valence-corrected chi connectivity index (χ0v) is 22.0. The molecule has 4 rings (SSSR count). The van der Waals surface area contributed by atoms with E-state index in [9.17, 15) is 14.0 Å². The number of carbonyl (C=O) groups excluding carboxylic acids is 2. The monoisotopic (exact) mass is 520 g/mol. The van der Waals surface area contributed by atoms with Crippen molar-refractivity contribution in [1.29, 1.82) is 0 Å². The summed E-state index contributed by atoms with van der Waals surface area (Å²) >= 11 is 0. The maximum Gasteiger partial charge on any atom is 0.337 e. The SMILES string of the molecule is COC(=O)c1ccc(CO[C@@H](CN2CCN(C(=O)c3cc(F)ccc3C)CC2)c2cccc(OC)c2)cc1. The van der Waals surface area contributed by atoms with Crippen LogP contribution in [0.2, 0.25) is 0 Å². The molecule has 1 aliphatic heterocycles. The van der Waals surface area contributed by atoms with E-state index in [-0.39, 0.29) is 18.0 Å². The van der Waals surface area contributed by atoms with Gasteiger partial charge in [-0.25, -0.2) is 9.18 Å². The summed E-state index contributed by atoms with van der Waals surface area (Å²) in [6, 6.07) is 19.3. The van der Waals surface area contributed by atoms with Crippen LogP contribution < -0.4 is 4.74 Å². The Hall–Kier alpha value is -3.75. The van der Waals surface area contributed by atoms with Crippen molar-refractivity contribution in [1.82, 2.24) is 9.80 Å². The quantitative estimate of drug-likeness (QED) is 0.383. The molecular formula is C30H33FN2O5. The van der Waals surface area contributed by atoms with Gasteiger partial charge >= 0.3 is 5.97 Å². The molecule has 0 N–H and O–H groups in total. The summed E-state index contributed by atoms with van der Waals surface area (Å²) < 4.78 is 30.3. The predicted octanol–water partition coefficient (Wildman–Crippen LogP) is 4.65. The summed E-state index contributed by atoms with van der Waals surface area (Å²) in [5.41, 5.74) is 3.59. The molecule has 1 atom stereocenters. The Bertz CT molecular complexity index is 1260. The molecular weight excluding hydrogens is 487 g/mol. The van der Waals surface area contributed by atoms with Gasteiger partial charge in [0.05, 0.1) is 32.5 Å². The molecule has 1 heterocycles. The topological polar surface area (TPSA) is 68.3 Å². The van der Waals surface area contributed by atoms with E-state index in [0.717, 1.165) is 22.4 Å². The number of hydrogen-bond acceptors (Lipinski definition) is 6. The summed E-state index contributed by atoms with van der Waals surface area (Å²) in [6.45, 7) is 5.27. The lowest BCUT2D eigenvalue weighted by atomic mass is 10.1. The molecule has 7 nitrogen and oxygen atoms in total. The highest BCUT2D eigenvalue weighted by Gasteiger charge is 2.26. The van der Waals surface area contributed by atoms with Crippen LogP contribution >= 0.6 is 0 Å². The van der Waals surface area contributed by atoms with E-state index >= 15 is 0 Å². The summed E-state index contributed by atoms with van der Waals surface area (Å²) in [4.78, 5) is 28.8. The molecule has 0 bridgehead atoms. The van der Waals surface area contributed by atoms with Crippen LogP contribution in [0.25, 0.3) is 0 Å². The summed E-state index contributed by atoms with van der Waals surface area (Å²) in [7, 11) is 2.99. The number of methoxy groups -OCH3 is 2. The number of amides is 1. The Morgan fingerprint density at radius 2 is 1.68 bits per heavy atom. The third kappa shape index (κ3) is 6.76. The van der Waals surface area contributed by atoms with E-state index in [1.165, 1.54) is 19.2 Å². The molecule has 0 unspecified atom stereocenters.